The second-order valence-corrected chi connectivity index (χ2v) is 5.42. The number of hydrogen-bond donors (Lipinski definition) is 1. The number of aromatic nitrogens is 1. The fourth-order valence-corrected chi connectivity index (χ4v) is 2.78. The fraction of sp³-hybridized carbons (Fsp3) is 0.353. The molecule has 2 heterocycles. The van der Waals surface area contributed by atoms with Crippen LogP contribution in [0, 0.1) is 0 Å². The van der Waals surface area contributed by atoms with Gasteiger partial charge in [-0.15, -0.1) is 0 Å². The summed E-state index contributed by atoms with van der Waals surface area (Å²) in [6.07, 6.45) is 3.16. The summed E-state index contributed by atoms with van der Waals surface area (Å²) in [5, 5.41) is 9.46. The molecule has 0 bridgehead atoms. The van der Waals surface area contributed by atoms with Crippen molar-refractivity contribution < 1.29 is 23.4 Å². The number of benzene rings is 1. The number of morpholine rings is 1. The number of aliphatic hydroxyl groups is 1. The van der Waals surface area contributed by atoms with Crippen molar-refractivity contribution in [3.05, 3.63) is 53.9 Å². The molecule has 128 valence electrons. The van der Waals surface area contributed by atoms with Gasteiger partial charge in [-0.3, -0.25) is 4.98 Å². The Bertz CT molecular complexity index is 667. The summed E-state index contributed by atoms with van der Waals surface area (Å²) in [6, 6.07) is 8.34. The van der Waals surface area contributed by atoms with Crippen LogP contribution in [0.5, 0.6) is 5.75 Å². The molecule has 1 saturated heterocycles. The lowest BCUT2D eigenvalue weighted by atomic mass is 10.1. The fourth-order valence-electron chi connectivity index (χ4n) is 2.78. The van der Waals surface area contributed by atoms with E-state index in [2.05, 4.69) is 14.6 Å². The number of alkyl halides is 2. The number of rotatable bonds is 5. The third-order valence-corrected chi connectivity index (χ3v) is 3.93. The lowest BCUT2D eigenvalue weighted by Crippen LogP contribution is -2.38. The van der Waals surface area contributed by atoms with Gasteiger partial charge in [0, 0.05) is 36.7 Å². The van der Waals surface area contributed by atoms with Crippen LogP contribution in [0.1, 0.15) is 17.2 Å². The second kappa shape index (κ2) is 7.55. The zero-order valence-electron chi connectivity index (χ0n) is 12.9. The minimum Gasteiger partial charge on any atom is -0.435 e. The molecule has 0 aliphatic carbocycles. The van der Waals surface area contributed by atoms with Crippen LogP contribution in [-0.4, -0.2) is 36.4 Å². The molecule has 1 aromatic carbocycles. The van der Waals surface area contributed by atoms with Gasteiger partial charge in [0.15, 0.2) is 0 Å². The summed E-state index contributed by atoms with van der Waals surface area (Å²) in [5.41, 5.74) is 2.58. The average molecular weight is 336 g/mol. The van der Waals surface area contributed by atoms with Gasteiger partial charge in [0.1, 0.15) is 11.9 Å². The van der Waals surface area contributed by atoms with Crippen LogP contribution in [0.25, 0.3) is 0 Å². The smallest absolute Gasteiger partial charge is 0.387 e. The third kappa shape index (κ3) is 3.80. The average Bonchev–Trinajstić information content (AvgIpc) is 2.62. The molecule has 2 aromatic rings. The highest BCUT2D eigenvalue weighted by Gasteiger charge is 2.23. The molecule has 1 unspecified atom stereocenters. The van der Waals surface area contributed by atoms with E-state index in [1.165, 1.54) is 12.1 Å². The van der Waals surface area contributed by atoms with Crippen LogP contribution in [-0.2, 0) is 11.3 Å². The standard InChI is InChI=1S/C17H18F2N2O3/c18-17(19)24-14-3-1-12(2-4-14)16-10-21(7-8-23-16)15-5-6-20-9-13(15)11-22/h1-6,9,16-17,22H,7-8,10-11H2. The number of halogens is 2. The number of aliphatic hydroxyl groups excluding tert-OH is 1. The van der Waals surface area contributed by atoms with E-state index in [4.69, 9.17) is 4.74 Å². The lowest BCUT2D eigenvalue weighted by Gasteiger charge is -2.35. The van der Waals surface area contributed by atoms with Gasteiger partial charge in [-0.1, -0.05) is 12.1 Å². The predicted octanol–water partition coefficient (Wildman–Crippen LogP) is 2.75. The molecule has 1 aliphatic rings. The molecule has 5 nitrogen and oxygen atoms in total. The van der Waals surface area contributed by atoms with Crippen LogP contribution < -0.4 is 9.64 Å². The molecule has 1 N–H and O–H groups in total. The molecule has 7 heteroatoms. The van der Waals surface area contributed by atoms with Gasteiger partial charge in [-0.2, -0.15) is 8.78 Å². The number of hydrogen-bond acceptors (Lipinski definition) is 5. The molecule has 0 spiro atoms. The molecular weight excluding hydrogens is 318 g/mol. The highest BCUT2D eigenvalue weighted by Crippen LogP contribution is 2.29. The van der Waals surface area contributed by atoms with E-state index in [9.17, 15) is 13.9 Å². The number of nitrogens with zero attached hydrogens (tertiary/aromatic N) is 2. The van der Waals surface area contributed by atoms with Gasteiger partial charge in [0.2, 0.25) is 0 Å². The Morgan fingerprint density at radius 1 is 1.29 bits per heavy atom. The highest BCUT2D eigenvalue weighted by atomic mass is 19.3. The van der Waals surface area contributed by atoms with E-state index in [-0.39, 0.29) is 18.5 Å². The van der Waals surface area contributed by atoms with Crippen molar-refractivity contribution in [2.24, 2.45) is 0 Å². The zero-order valence-corrected chi connectivity index (χ0v) is 12.9. The molecule has 1 atom stereocenters. The minimum absolute atomic E-state index is 0.0785. The van der Waals surface area contributed by atoms with Crippen LogP contribution in [0.15, 0.2) is 42.7 Å². The highest BCUT2D eigenvalue weighted by molar-refractivity contribution is 5.52. The number of anilines is 1. The Morgan fingerprint density at radius 2 is 2.08 bits per heavy atom. The number of ether oxygens (including phenoxy) is 2. The topological polar surface area (TPSA) is 54.8 Å². The molecule has 1 aromatic heterocycles. The summed E-state index contributed by atoms with van der Waals surface area (Å²) in [7, 11) is 0. The van der Waals surface area contributed by atoms with E-state index in [0.29, 0.717) is 19.7 Å². The van der Waals surface area contributed by atoms with Gasteiger partial charge in [-0.25, -0.2) is 0 Å². The van der Waals surface area contributed by atoms with Gasteiger partial charge in [0.05, 0.1) is 13.2 Å². The van der Waals surface area contributed by atoms with Crippen molar-refractivity contribution in [3.63, 3.8) is 0 Å². The van der Waals surface area contributed by atoms with Gasteiger partial charge in [0.25, 0.3) is 0 Å². The Morgan fingerprint density at radius 3 is 2.79 bits per heavy atom. The Kier molecular flexibility index (Phi) is 5.22. The third-order valence-electron chi connectivity index (χ3n) is 3.93. The summed E-state index contributed by atoms with van der Waals surface area (Å²) < 4.78 is 34.6. The maximum Gasteiger partial charge on any atom is 0.387 e. The van der Waals surface area contributed by atoms with E-state index in [0.717, 1.165) is 16.8 Å². The molecule has 0 saturated carbocycles. The Labute approximate surface area is 138 Å². The Balaban J connectivity index is 1.73. The van der Waals surface area contributed by atoms with Crippen LogP contribution in [0.4, 0.5) is 14.5 Å². The first kappa shape index (κ1) is 16.6. The second-order valence-electron chi connectivity index (χ2n) is 5.42. The first-order chi connectivity index (χ1) is 11.7. The van der Waals surface area contributed by atoms with Crippen LogP contribution >= 0.6 is 0 Å². The first-order valence-corrected chi connectivity index (χ1v) is 7.62. The summed E-state index contributed by atoms with van der Waals surface area (Å²) in [4.78, 5) is 6.16. The summed E-state index contributed by atoms with van der Waals surface area (Å²) >= 11 is 0. The Hall–Kier alpha value is -2.25. The molecule has 0 amide bonds. The van der Waals surface area contributed by atoms with E-state index in [1.807, 2.05) is 6.07 Å². The van der Waals surface area contributed by atoms with Crippen molar-refractivity contribution in [3.8, 4) is 5.75 Å². The minimum atomic E-state index is -2.83. The van der Waals surface area contributed by atoms with Crippen molar-refractivity contribution in [1.82, 2.24) is 4.98 Å². The van der Waals surface area contributed by atoms with Crippen molar-refractivity contribution in [2.45, 2.75) is 19.3 Å². The molecule has 0 radical (unpaired) electrons. The lowest BCUT2D eigenvalue weighted by molar-refractivity contribution is -0.0498. The van der Waals surface area contributed by atoms with Crippen molar-refractivity contribution >= 4 is 5.69 Å². The van der Waals surface area contributed by atoms with E-state index >= 15 is 0 Å². The SMILES string of the molecule is OCc1cnccc1N1CCOC(c2ccc(OC(F)F)cc2)C1. The maximum absolute atomic E-state index is 12.2. The molecule has 24 heavy (non-hydrogen) atoms. The zero-order chi connectivity index (χ0) is 16.9. The quantitative estimate of drug-likeness (QED) is 0.910. The van der Waals surface area contributed by atoms with Gasteiger partial charge < -0.3 is 19.5 Å². The summed E-state index contributed by atoms with van der Waals surface area (Å²) in [5.74, 6) is 0.123. The number of pyridine rings is 1. The van der Waals surface area contributed by atoms with E-state index in [1.54, 1.807) is 24.5 Å². The largest absolute Gasteiger partial charge is 0.435 e. The predicted molar refractivity (Wildman–Crippen MR) is 84.1 cm³/mol. The van der Waals surface area contributed by atoms with Crippen LogP contribution in [0.2, 0.25) is 0 Å². The monoisotopic (exact) mass is 336 g/mol. The van der Waals surface area contributed by atoms with Gasteiger partial charge >= 0.3 is 6.61 Å². The maximum atomic E-state index is 12.2. The van der Waals surface area contributed by atoms with Crippen LogP contribution in [0.3, 0.4) is 0 Å². The molecule has 1 fully saturated rings. The van der Waals surface area contributed by atoms with Crippen molar-refractivity contribution in [1.29, 1.82) is 0 Å². The first-order valence-electron chi connectivity index (χ1n) is 7.62. The summed E-state index contributed by atoms with van der Waals surface area (Å²) in [6.45, 7) is -1.06. The molecule has 3 rings (SSSR count). The van der Waals surface area contributed by atoms with E-state index < -0.39 is 6.61 Å². The molecular formula is C17H18F2N2O3. The van der Waals surface area contributed by atoms with Crippen molar-refractivity contribution in [2.75, 3.05) is 24.6 Å². The normalized spacial score (nSPS) is 18.0. The molecule has 1 aliphatic heterocycles. The van der Waals surface area contributed by atoms with Gasteiger partial charge in [-0.05, 0) is 23.8 Å².